The minimum Gasteiger partial charge on any atom is -0.308 e. The monoisotopic (exact) mass is 294 g/mol. The molecule has 0 aromatic heterocycles. The van der Waals surface area contributed by atoms with Gasteiger partial charge in [0, 0.05) is 18.6 Å². The Kier molecular flexibility index (Phi) is 4.91. The van der Waals surface area contributed by atoms with E-state index in [0.29, 0.717) is 12.1 Å². The molecule has 0 radical (unpaired) electrons. The largest absolute Gasteiger partial charge is 0.308 e. The lowest BCUT2D eigenvalue weighted by molar-refractivity contribution is 0.239. The van der Waals surface area contributed by atoms with E-state index in [4.69, 9.17) is 0 Å². The number of benzene rings is 2. The second-order valence-corrected chi connectivity index (χ2v) is 6.67. The van der Waals surface area contributed by atoms with E-state index in [9.17, 15) is 0 Å². The Labute approximate surface area is 134 Å². The molecule has 0 amide bonds. The molecular formula is C20H26N2. The summed E-state index contributed by atoms with van der Waals surface area (Å²) in [5, 5.41) is 3.86. The average molecular weight is 294 g/mol. The Morgan fingerprint density at radius 1 is 0.955 bits per heavy atom. The molecular weight excluding hydrogens is 268 g/mol. The van der Waals surface area contributed by atoms with Crippen LogP contribution in [0.5, 0.6) is 0 Å². The number of nitrogens with zero attached hydrogens (tertiary/aromatic N) is 1. The van der Waals surface area contributed by atoms with E-state index in [1.807, 2.05) is 0 Å². The lowest BCUT2D eigenvalue weighted by Gasteiger charge is -2.39. The second-order valence-electron chi connectivity index (χ2n) is 6.67. The maximum absolute atomic E-state index is 3.86. The van der Waals surface area contributed by atoms with Gasteiger partial charge in [0.2, 0.25) is 0 Å². The first kappa shape index (κ1) is 15.3. The molecule has 1 aliphatic carbocycles. The minimum atomic E-state index is 0.415. The molecule has 1 fully saturated rings. The SMILES string of the molecule is CN(C)CC(NC1CC(c2ccccc2)C1)c1ccccc1. The van der Waals surface area contributed by atoms with Gasteiger partial charge in [-0.3, -0.25) is 0 Å². The number of rotatable bonds is 6. The molecule has 116 valence electrons. The zero-order valence-electron chi connectivity index (χ0n) is 13.6. The van der Waals surface area contributed by atoms with E-state index >= 15 is 0 Å². The maximum Gasteiger partial charge on any atom is 0.0451 e. The van der Waals surface area contributed by atoms with Gasteiger partial charge >= 0.3 is 0 Å². The molecule has 3 rings (SSSR count). The molecule has 2 aromatic carbocycles. The van der Waals surface area contributed by atoms with Gasteiger partial charge in [-0.1, -0.05) is 60.7 Å². The summed E-state index contributed by atoms with van der Waals surface area (Å²) in [6.45, 7) is 1.04. The standard InChI is InChI=1S/C20H26N2/c1-22(2)15-20(17-11-7-4-8-12-17)21-19-13-18(14-19)16-9-5-3-6-10-16/h3-12,18-21H,13-15H2,1-2H3. The average Bonchev–Trinajstić information content (AvgIpc) is 2.50. The minimum absolute atomic E-state index is 0.415. The van der Waals surface area contributed by atoms with E-state index in [-0.39, 0.29) is 0 Å². The molecule has 0 bridgehead atoms. The van der Waals surface area contributed by atoms with Crippen molar-refractivity contribution in [3.63, 3.8) is 0 Å². The van der Waals surface area contributed by atoms with Crippen molar-refractivity contribution in [1.82, 2.24) is 10.2 Å². The van der Waals surface area contributed by atoms with Crippen LogP contribution in [0.3, 0.4) is 0 Å². The summed E-state index contributed by atoms with van der Waals surface area (Å²) in [5.41, 5.74) is 2.88. The molecule has 2 nitrogen and oxygen atoms in total. The molecule has 22 heavy (non-hydrogen) atoms. The smallest absolute Gasteiger partial charge is 0.0451 e. The lowest BCUT2D eigenvalue weighted by atomic mass is 9.75. The van der Waals surface area contributed by atoms with Crippen molar-refractivity contribution in [3.05, 3.63) is 71.8 Å². The molecule has 0 heterocycles. The zero-order valence-corrected chi connectivity index (χ0v) is 13.6. The van der Waals surface area contributed by atoms with Crippen LogP contribution >= 0.6 is 0 Å². The fourth-order valence-corrected chi connectivity index (χ4v) is 3.34. The first-order valence-electron chi connectivity index (χ1n) is 8.23. The van der Waals surface area contributed by atoms with Gasteiger partial charge < -0.3 is 10.2 Å². The molecule has 1 saturated carbocycles. The first-order valence-corrected chi connectivity index (χ1v) is 8.23. The third-order valence-corrected chi connectivity index (χ3v) is 4.60. The Hall–Kier alpha value is -1.64. The Morgan fingerprint density at radius 2 is 1.55 bits per heavy atom. The van der Waals surface area contributed by atoms with Crippen LogP contribution in [-0.2, 0) is 0 Å². The maximum atomic E-state index is 3.86. The van der Waals surface area contributed by atoms with Gasteiger partial charge in [0.25, 0.3) is 0 Å². The quantitative estimate of drug-likeness (QED) is 0.871. The van der Waals surface area contributed by atoms with Crippen LogP contribution in [0.25, 0.3) is 0 Å². The van der Waals surface area contributed by atoms with Gasteiger partial charge in [-0.15, -0.1) is 0 Å². The second kappa shape index (κ2) is 7.08. The highest BCUT2D eigenvalue weighted by molar-refractivity contribution is 5.24. The van der Waals surface area contributed by atoms with E-state index in [1.54, 1.807) is 0 Å². The summed E-state index contributed by atoms with van der Waals surface area (Å²) in [5.74, 6) is 0.731. The van der Waals surface area contributed by atoms with Crippen molar-refractivity contribution in [1.29, 1.82) is 0 Å². The highest BCUT2D eigenvalue weighted by Crippen LogP contribution is 2.37. The van der Waals surface area contributed by atoms with Crippen molar-refractivity contribution >= 4 is 0 Å². The Morgan fingerprint density at radius 3 is 2.14 bits per heavy atom. The summed E-state index contributed by atoms with van der Waals surface area (Å²) in [7, 11) is 4.29. The molecule has 1 atom stereocenters. The Bertz CT molecular complexity index is 559. The van der Waals surface area contributed by atoms with Gasteiger partial charge in [0.1, 0.15) is 0 Å². The first-order chi connectivity index (χ1) is 10.7. The van der Waals surface area contributed by atoms with Crippen molar-refractivity contribution in [3.8, 4) is 0 Å². The van der Waals surface area contributed by atoms with E-state index < -0.39 is 0 Å². The summed E-state index contributed by atoms with van der Waals surface area (Å²) in [4.78, 5) is 2.26. The molecule has 0 spiro atoms. The van der Waals surface area contributed by atoms with Crippen molar-refractivity contribution in [2.45, 2.75) is 30.8 Å². The molecule has 0 saturated heterocycles. The number of likely N-dealkylation sites (N-methyl/N-ethyl adjacent to an activating group) is 1. The van der Waals surface area contributed by atoms with Crippen molar-refractivity contribution in [2.75, 3.05) is 20.6 Å². The summed E-state index contributed by atoms with van der Waals surface area (Å²) in [6.07, 6.45) is 2.50. The van der Waals surface area contributed by atoms with E-state index in [1.165, 1.54) is 24.0 Å². The number of hydrogen-bond acceptors (Lipinski definition) is 2. The lowest BCUT2D eigenvalue weighted by Crippen LogP contribution is -2.44. The van der Waals surface area contributed by atoms with Crippen LogP contribution in [0.4, 0.5) is 0 Å². The van der Waals surface area contributed by atoms with Crippen molar-refractivity contribution < 1.29 is 0 Å². The normalized spacial score (nSPS) is 22.3. The summed E-state index contributed by atoms with van der Waals surface area (Å²) < 4.78 is 0. The summed E-state index contributed by atoms with van der Waals surface area (Å²) >= 11 is 0. The molecule has 2 heteroatoms. The molecule has 1 aliphatic rings. The zero-order chi connectivity index (χ0) is 15.4. The van der Waals surface area contributed by atoms with Crippen LogP contribution in [0.2, 0.25) is 0 Å². The third kappa shape index (κ3) is 3.76. The van der Waals surface area contributed by atoms with Gasteiger partial charge in [-0.2, -0.15) is 0 Å². The van der Waals surface area contributed by atoms with Gasteiger partial charge in [0.05, 0.1) is 0 Å². The fourth-order valence-electron chi connectivity index (χ4n) is 3.34. The van der Waals surface area contributed by atoms with Crippen molar-refractivity contribution in [2.24, 2.45) is 0 Å². The molecule has 2 aromatic rings. The highest BCUT2D eigenvalue weighted by Gasteiger charge is 2.31. The molecule has 1 unspecified atom stereocenters. The fraction of sp³-hybridized carbons (Fsp3) is 0.400. The summed E-state index contributed by atoms with van der Waals surface area (Å²) in [6, 6.07) is 22.8. The predicted octanol–water partition coefficient (Wildman–Crippen LogP) is 3.83. The number of hydrogen-bond donors (Lipinski definition) is 1. The topological polar surface area (TPSA) is 15.3 Å². The van der Waals surface area contributed by atoms with Crippen LogP contribution in [0.15, 0.2) is 60.7 Å². The van der Waals surface area contributed by atoms with Gasteiger partial charge in [-0.05, 0) is 44.0 Å². The Balaban J connectivity index is 1.59. The highest BCUT2D eigenvalue weighted by atomic mass is 15.1. The van der Waals surface area contributed by atoms with E-state index in [2.05, 4.69) is 85.0 Å². The van der Waals surface area contributed by atoms with Crippen LogP contribution < -0.4 is 5.32 Å². The van der Waals surface area contributed by atoms with E-state index in [0.717, 1.165) is 12.5 Å². The molecule has 0 aliphatic heterocycles. The molecule has 1 N–H and O–H groups in total. The van der Waals surface area contributed by atoms with Gasteiger partial charge in [-0.25, -0.2) is 0 Å². The predicted molar refractivity (Wildman–Crippen MR) is 93.1 cm³/mol. The van der Waals surface area contributed by atoms with Crippen LogP contribution in [-0.4, -0.2) is 31.6 Å². The number of nitrogens with one attached hydrogen (secondary N) is 1. The van der Waals surface area contributed by atoms with Crippen LogP contribution in [0.1, 0.15) is 35.9 Å². The van der Waals surface area contributed by atoms with Gasteiger partial charge in [0.15, 0.2) is 0 Å². The van der Waals surface area contributed by atoms with Crippen LogP contribution in [0, 0.1) is 0 Å². The third-order valence-electron chi connectivity index (χ3n) is 4.60.